The summed E-state index contributed by atoms with van der Waals surface area (Å²) in [5.41, 5.74) is 0. The van der Waals surface area contributed by atoms with E-state index >= 15 is 0 Å². The summed E-state index contributed by atoms with van der Waals surface area (Å²) < 4.78 is 29.6. The molecule has 100 valence electrons. The molecule has 2 aliphatic heterocycles. The predicted octanol–water partition coefficient (Wildman–Crippen LogP) is -1.29. The fourth-order valence-corrected chi connectivity index (χ4v) is 3.25. The summed E-state index contributed by atoms with van der Waals surface area (Å²) in [6.07, 6.45) is 1.55. The third kappa shape index (κ3) is 3.17. The molecule has 0 aliphatic carbocycles. The van der Waals surface area contributed by atoms with Crippen LogP contribution >= 0.6 is 0 Å². The van der Waals surface area contributed by atoms with Crippen molar-refractivity contribution in [1.29, 1.82) is 0 Å². The molecule has 0 aromatic rings. The number of piperazine rings is 1. The molecule has 7 heteroatoms. The van der Waals surface area contributed by atoms with Gasteiger partial charge in [-0.05, 0) is 6.42 Å². The van der Waals surface area contributed by atoms with Crippen LogP contribution in [0.15, 0.2) is 0 Å². The van der Waals surface area contributed by atoms with Crippen LogP contribution in [0.25, 0.3) is 0 Å². The SMILES string of the molecule is CS(=O)(=O)N1CCN(C2COCCC2O)CC1. The van der Waals surface area contributed by atoms with E-state index in [4.69, 9.17) is 4.74 Å². The van der Waals surface area contributed by atoms with Crippen molar-refractivity contribution in [1.82, 2.24) is 9.21 Å². The van der Waals surface area contributed by atoms with Crippen LogP contribution in [0, 0.1) is 0 Å². The second-order valence-electron chi connectivity index (χ2n) is 4.70. The summed E-state index contributed by atoms with van der Waals surface area (Å²) in [5, 5.41) is 9.89. The number of ether oxygens (including phenoxy) is 1. The van der Waals surface area contributed by atoms with E-state index in [1.165, 1.54) is 10.6 Å². The first kappa shape index (κ1) is 13.2. The number of hydrogen-bond acceptors (Lipinski definition) is 5. The molecule has 0 aromatic carbocycles. The molecule has 0 radical (unpaired) electrons. The van der Waals surface area contributed by atoms with Crippen molar-refractivity contribution in [3.05, 3.63) is 0 Å². The number of nitrogens with zero attached hydrogens (tertiary/aromatic N) is 2. The zero-order valence-corrected chi connectivity index (χ0v) is 10.9. The van der Waals surface area contributed by atoms with Crippen LogP contribution in [0.1, 0.15) is 6.42 Å². The van der Waals surface area contributed by atoms with E-state index in [-0.39, 0.29) is 12.1 Å². The number of aliphatic hydroxyl groups excluding tert-OH is 1. The van der Waals surface area contributed by atoms with E-state index in [1.54, 1.807) is 0 Å². The van der Waals surface area contributed by atoms with Crippen molar-refractivity contribution in [2.75, 3.05) is 45.6 Å². The highest BCUT2D eigenvalue weighted by atomic mass is 32.2. The number of hydrogen-bond donors (Lipinski definition) is 1. The van der Waals surface area contributed by atoms with Gasteiger partial charge in [0.15, 0.2) is 0 Å². The maximum absolute atomic E-state index is 11.4. The van der Waals surface area contributed by atoms with E-state index in [0.717, 1.165) is 0 Å². The van der Waals surface area contributed by atoms with E-state index in [2.05, 4.69) is 4.90 Å². The topological polar surface area (TPSA) is 70.1 Å². The number of sulfonamides is 1. The Morgan fingerprint density at radius 1 is 1.24 bits per heavy atom. The van der Waals surface area contributed by atoms with Crippen molar-refractivity contribution >= 4 is 10.0 Å². The van der Waals surface area contributed by atoms with Crippen molar-refractivity contribution < 1.29 is 18.3 Å². The standard InChI is InChI=1S/C10H20N2O4S/c1-17(14,15)12-5-3-11(4-6-12)9-8-16-7-2-10(9)13/h9-10,13H,2-8H2,1H3. The second kappa shape index (κ2) is 5.19. The smallest absolute Gasteiger partial charge is 0.211 e. The van der Waals surface area contributed by atoms with E-state index in [9.17, 15) is 13.5 Å². The van der Waals surface area contributed by atoms with Gasteiger partial charge in [0, 0.05) is 32.8 Å². The molecule has 2 heterocycles. The van der Waals surface area contributed by atoms with Crippen LogP contribution in [0.4, 0.5) is 0 Å². The summed E-state index contributed by atoms with van der Waals surface area (Å²) in [4.78, 5) is 2.13. The Morgan fingerprint density at radius 3 is 2.41 bits per heavy atom. The summed E-state index contributed by atoms with van der Waals surface area (Å²) in [6.45, 7) is 3.49. The lowest BCUT2D eigenvalue weighted by Gasteiger charge is -2.41. The molecule has 1 N–H and O–H groups in total. The monoisotopic (exact) mass is 264 g/mol. The van der Waals surface area contributed by atoms with Gasteiger partial charge in [-0.3, -0.25) is 4.90 Å². The van der Waals surface area contributed by atoms with Gasteiger partial charge in [0.05, 0.1) is 25.0 Å². The Hall–Kier alpha value is -0.210. The maximum atomic E-state index is 11.4. The van der Waals surface area contributed by atoms with Crippen molar-refractivity contribution in [3.63, 3.8) is 0 Å². The van der Waals surface area contributed by atoms with Crippen LogP contribution < -0.4 is 0 Å². The lowest BCUT2D eigenvalue weighted by molar-refractivity contribution is -0.0674. The van der Waals surface area contributed by atoms with Gasteiger partial charge in [-0.2, -0.15) is 4.31 Å². The summed E-state index contributed by atoms with van der Waals surface area (Å²) in [5.74, 6) is 0. The average Bonchev–Trinajstić information content (AvgIpc) is 2.29. The predicted molar refractivity (Wildman–Crippen MR) is 63.2 cm³/mol. The van der Waals surface area contributed by atoms with E-state index in [1.807, 2.05) is 0 Å². The minimum atomic E-state index is -3.08. The van der Waals surface area contributed by atoms with Gasteiger partial charge in [-0.15, -0.1) is 0 Å². The van der Waals surface area contributed by atoms with Gasteiger partial charge in [0.1, 0.15) is 0 Å². The molecule has 2 saturated heterocycles. The van der Waals surface area contributed by atoms with Gasteiger partial charge >= 0.3 is 0 Å². The molecule has 17 heavy (non-hydrogen) atoms. The Bertz CT molecular complexity index is 351. The van der Waals surface area contributed by atoms with Gasteiger partial charge in [0.2, 0.25) is 10.0 Å². The first-order chi connectivity index (χ1) is 7.98. The summed E-state index contributed by atoms with van der Waals surface area (Å²) in [6, 6.07) is 0.0189. The maximum Gasteiger partial charge on any atom is 0.211 e. The van der Waals surface area contributed by atoms with Gasteiger partial charge in [0.25, 0.3) is 0 Å². The fourth-order valence-electron chi connectivity index (χ4n) is 2.43. The molecular formula is C10H20N2O4S. The van der Waals surface area contributed by atoms with Gasteiger partial charge < -0.3 is 9.84 Å². The highest BCUT2D eigenvalue weighted by Crippen LogP contribution is 2.17. The van der Waals surface area contributed by atoms with Crippen LogP contribution in [0.5, 0.6) is 0 Å². The molecule has 2 atom stereocenters. The van der Waals surface area contributed by atoms with Crippen molar-refractivity contribution in [2.45, 2.75) is 18.6 Å². The average molecular weight is 264 g/mol. The molecule has 0 saturated carbocycles. The molecule has 0 spiro atoms. The fraction of sp³-hybridized carbons (Fsp3) is 1.00. The zero-order valence-electron chi connectivity index (χ0n) is 10.1. The van der Waals surface area contributed by atoms with Crippen molar-refractivity contribution in [3.8, 4) is 0 Å². The molecule has 6 nitrogen and oxygen atoms in total. The third-order valence-electron chi connectivity index (χ3n) is 3.50. The number of aliphatic hydroxyl groups is 1. The summed E-state index contributed by atoms with van der Waals surface area (Å²) >= 11 is 0. The Morgan fingerprint density at radius 2 is 1.88 bits per heavy atom. The molecule has 2 fully saturated rings. The quantitative estimate of drug-likeness (QED) is 0.672. The van der Waals surface area contributed by atoms with Gasteiger partial charge in [-0.1, -0.05) is 0 Å². The Kier molecular flexibility index (Phi) is 4.04. The Balaban J connectivity index is 1.90. The second-order valence-corrected chi connectivity index (χ2v) is 6.68. The van der Waals surface area contributed by atoms with E-state index in [0.29, 0.717) is 45.8 Å². The molecule has 2 unspecified atom stereocenters. The minimum Gasteiger partial charge on any atom is -0.391 e. The zero-order chi connectivity index (χ0) is 12.5. The lowest BCUT2D eigenvalue weighted by Crippen LogP contribution is -2.57. The minimum absolute atomic E-state index is 0.0189. The normalized spacial score (nSPS) is 33.8. The Labute approximate surface area is 102 Å². The largest absolute Gasteiger partial charge is 0.391 e. The molecule has 2 rings (SSSR count). The molecule has 0 aromatic heterocycles. The lowest BCUT2D eigenvalue weighted by atomic mass is 10.0. The molecule has 2 aliphatic rings. The van der Waals surface area contributed by atoms with Crippen LogP contribution in [0.3, 0.4) is 0 Å². The molecule has 0 amide bonds. The molecular weight excluding hydrogens is 244 g/mol. The first-order valence-electron chi connectivity index (χ1n) is 5.93. The van der Waals surface area contributed by atoms with Crippen LogP contribution in [-0.4, -0.2) is 80.5 Å². The number of rotatable bonds is 2. The van der Waals surface area contributed by atoms with Crippen molar-refractivity contribution in [2.24, 2.45) is 0 Å². The van der Waals surface area contributed by atoms with Gasteiger partial charge in [-0.25, -0.2) is 8.42 Å². The highest BCUT2D eigenvalue weighted by molar-refractivity contribution is 7.88. The highest BCUT2D eigenvalue weighted by Gasteiger charge is 2.33. The van der Waals surface area contributed by atoms with E-state index < -0.39 is 10.0 Å². The molecule has 0 bridgehead atoms. The van der Waals surface area contributed by atoms with Crippen LogP contribution in [-0.2, 0) is 14.8 Å². The third-order valence-corrected chi connectivity index (χ3v) is 4.81. The van der Waals surface area contributed by atoms with Crippen LogP contribution in [0.2, 0.25) is 0 Å². The first-order valence-corrected chi connectivity index (χ1v) is 7.78. The summed E-state index contributed by atoms with van der Waals surface area (Å²) in [7, 11) is -3.08.